The van der Waals surface area contributed by atoms with Crippen molar-refractivity contribution in [2.24, 2.45) is 5.41 Å². The quantitative estimate of drug-likeness (QED) is 0.864. The highest BCUT2D eigenvalue weighted by atomic mass is 19.1. The summed E-state index contributed by atoms with van der Waals surface area (Å²) in [5.41, 5.74) is -1.46. The van der Waals surface area contributed by atoms with Crippen molar-refractivity contribution in [2.45, 2.75) is 52.1 Å². The molecule has 0 atom stereocenters. The van der Waals surface area contributed by atoms with Crippen molar-refractivity contribution < 1.29 is 23.8 Å². The lowest BCUT2D eigenvalue weighted by Gasteiger charge is -2.39. The molecule has 0 saturated carbocycles. The number of rotatable bonds is 4. The third-order valence-corrected chi connectivity index (χ3v) is 3.61. The number of carboxylic acid groups (broad SMARTS) is 1. The zero-order valence-electron chi connectivity index (χ0n) is 12.4. The smallest absolute Gasteiger partial charge is 0.410 e. The van der Waals surface area contributed by atoms with E-state index in [4.69, 9.17) is 4.74 Å². The van der Waals surface area contributed by atoms with Crippen LogP contribution in [0, 0.1) is 5.41 Å². The normalized spacial score (nSPS) is 18.7. The van der Waals surface area contributed by atoms with E-state index in [9.17, 15) is 19.1 Å². The first-order valence-electron chi connectivity index (χ1n) is 6.97. The van der Waals surface area contributed by atoms with Crippen molar-refractivity contribution >= 4 is 12.1 Å². The fourth-order valence-corrected chi connectivity index (χ4v) is 2.42. The number of hydrogen-bond donors (Lipinski definition) is 1. The molecule has 1 rings (SSSR count). The molecule has 5 nitrogen and oxygen atoms in total. The van der Waals surface area contributed by atoms with Gasteiger partial charge in [-0.1, -0.05) is 0 Å². The van der Waals surface area contributed by atoms with E-state index >= 15 is 0 Å². The number of carbonyl (C=O) groups excluding carboxylic acids is 1. The van der Waals surface area contributed by atoms with E-state index in [1.165, 1.54) is 4.90 Å². The highest BCUT2D eigenvalue weighted by molar-refractivity contribution is 5.75. The van der Waals surface area contributed by atoms with Gasteiger partial charge in [0.1, 0.15) is 5.60 Å². The zero-order chi connectivity index (χ0) is 15.4. The van der Waals surface area contributed by atoms with Gasteiger partial charge in [0.2, 0.25) is 0 Å². The first-order valence-corrected chi connectivity index (χ1v) is 6.97. The molecular weight excluding hydrogens is 265 g/mol. The van der Waals surface area contributed by atoms with Crippen molar-refractivity contribution in [2.75, 3.05) is 19.8 Å². The highest BCUT2D eigenvalue weighted by Gasteiger charge is 2.42. The molecule has 1 saturated heterocycles. The lowest BCUT2D eigenvalue weighted by atomic mass is 9.75. The van der Waals surface area contributed by atoms with Gasteiger partial charge in [-0.25, -0.2) is 4.79 Å². The van der Waals surface area contributed by atoms with Crippen LogP contribution in [0.2, 0.25) is 0 Å². The molecule has 1 N–H and O–H groups in total. The number of carbonyl (C=O) groups is 2. The fourth-order valence-electron chi connectivity index (χ4n) is 2.42. The van der Waals surface area contributed by atoms with Gasteiger partial charge in [0.15, 0.2) is 0 Å². The number of aliphatic carboxylic acids is 1. The Hall–Kier alpha value is -1.33. The third-order valence-electron chi connectivity index (χ3n) is 3.61. The van der Waals surface area contributed by atoms with Crippen molar-refractivity contribution in [1.29, 1.82) is 0 Å². The van der Waals surface area contributed by atoms with Crippen LogP contribution in [0.3, 0.4) is 0 Å². The van der Waals surface area contributed by atoms with E-state index in [0.29, 0.717) is 32.4 Å². The molecule has 0 aromatic rings. The Morgan fingerprint density at radius 2 is 1.85 bits per heavy atom. The second kappa shape index (κ2) is 6.41. The molecule has 116 valence electrons. The molecule has 0 aromatic heterocycles. The Kier molecular flexibility index (Phi) is 5.36. The van der Waals surface area contributed by atoms with Crippen LogP contribution in [-0.4, -0.2) is 47.4 Å². The average Bonchev–Trinajstić information content (AvgIpc) is 2.34. The Morgan fingerprint density at radius 1 is 1.30 bits per heavy atom. The van der Waals surface area contributed by atoms with E-state index in [1.807, 2.05) is 0 Å². The SMILES string of the molecule is CC(C)(C)OC(=O)N1CCC(CCCF)(C(=O)O)CC1. The molecule has 1 aliphatic rings. The largest absolute Gasteiger partial charge is 0.481 e. The summed E-state index contributed by atoms with van der Waals surface area (Å²) >= 11 is 0. The highest BCUT2D eigenvalue weighted by Crippen LogP contribution is 2.37. The van der Waals surface area contributed by atoms with Crippen LogP contribution in [0.25, 0.3) is 0 Å². The molecule has 20 heavy (non-hydrogen) atoms. The van der Waals surface area contributed by atoms with E-state index in [1.54, 1.807) is 20.8 Å². The topological polar surface area (TPSA) is 66.8 Å². The summed E-state index contributed by atoms with van der Waals surface area (Å²) in [5, 5.41) is 9.37. The molecule has 1 fully saturated rings. The molecule has 0 radical (unpaired) electrons. The number of likely N-dealkylation sites (tertiary alicyclic amines) is 1. The number of halogens is 1. The molecule has 6 heteroatoms. The minimum Gasteiger partial charge on any atom is -0.481 e. The lowest BCUT2D eigenvalue weighted by Crippen LogP contribution is -2.48. The summed E-state index contributed by atoms with van der Waals surface area (Å²) in [4.78, 5) is 24.9. The van der Waals surface area contributed by atoms with Gasteiger partial charge < -0.3 is 14.7 Å². The van der Waals surface area contributed by atoms with E-state index in [2.05, 4.69) is 0 Å². The van der Waals surface area contributed by atoms with Crippen LogP contribution >= 0.6 is 0 Å². The maximum Gasteiger partial charge on any atom is 0.410 e. The van der Waals surface area contributed by atoms with Crippen molar-refractivity contribution in [3.63, 3.8) is 0 Å². The zero-order valence-corrected chi connectivity index (χ0v) is 12.4. The van der Waals surface area contributed by atoms with Gasteiger partial charge in [-0.05, 0) is 46.5 Å². The summed E-state index contributed by atoms with van der Waals surface area (Å²) in [6, 6.07) is 0. The Labute approximate surface area is 119 Å². The summed E-state index contributed by atoms with van der Waals surface area (Å²) in [6.07, 6.45) is 0.852. The number of alkyl halides is 1. The minimum absolute atomic E-state index is 0.249. The Morgan fingerprint density at radius 3 is 2.25 bits per heavy atom. The standard InChI is InChI=1S/C14H24FNO4/c1-13(2,3)20-12(19)16-9-6-14(7-10-16,11(17)18)5-4-8-15/h4-10H2,1-3H3,(H,17,18). The first kappa shape index (κ1) is 16.7. The number of piperidine rings is 1. The van der Waals surface area contributed by atoms with Crippen LogP contribution in [-0.2, 0) is 9.53 Å². The van der Waals surface area contributed by atoms with Gasteiger partial charge in [-0.15, -0.1) is 0 Å². The Bertz CT molecular complexity index is 357. The average molecular weight is 289 g/mol. The molecule has 0 bridgehead atoms. The lowest BCUT2D eigenvalue weighted by molar-refractivity contribution is -0.152. The summed E-state index contributed by atoms with van der Waals surface area (Å²) in [7, 11) is 0. The predicted octanol–water partition coefficient (Wildman–Crippen LogP) is 2.84. The van der Waals surface area contributed by atoms with Crippen molar-refractivity contribution in [3.8, 4) is 0 Å². The predicted molar refractivity (Wildman–Crippen MR) is 72.3 cm³/mol. The molecule has 0 unspecified atom stereocenters. The number of nitrogens with zero attached hydrogens (tertiary/aromatic N) is 1. The second-order valence-corrected chi connectivity index (χ2v) is 6.35. The molecule has 0 spiro atoms. The van der Waals surface area contributed by atoms with Gasteiger partial charge in [0.05, 0.1) is 12.1 Å². The van der Waals surface area contributed by atoms with Crippen molar-refractivity contribution in [1.82, 2.24) is 4.90 Å². The molecule has 1 aliphatic heterocycles. The van der Waals surface area contributed by atoms with Crippen LogP contribution in [0.15, 0.2) is 0 Å². The molecular formula is C14H24FNO4. The maximum absolute atomic E-state index is 12.3. The number of ether oxygens (including phenoxy) is 1. The summed E-state index contributed by atoms with van der Waals surface area (Å²) in [5.74, 6) is -0.894. The minimum atomic E-state index is -0.898. The van der Waals surface area contributed by atoms with Gasteiger partial charge >= 0.3 is 12.1 Å². The fraction of sp³-hybridized carbons (Fsp3) is 0.857. The number of carboxylic acids is 1. The monoisotopic (exact) mass is 289 g/mol. The van der Waals surface area contributed by atoms with Crippen LogP contribution in [0.1, 0.15) is 46.5 Å². The number of hydrogen-bond acceptors (Lipinski definition) is 3. The van der Waals surface area contributed by atoms with Crippen LogP contribution in [0.4, 0.5) is 9.18 Å². The van der Waals surface area contributed by atoms with Gasteiger partial charge in [-0.2, -0.15) is 0 Å². The third kappa shape index (κ3) is 4.35. The molecule has 0 aliphatic carbocycles. The molecule has 1 amide bonds. The van der Waals surface area contributed by atoms with E-state index in [-0.39, 0.29) is 6.42 Å². The molecule has 1 heterocycles. The number of amides is 1. The van der Waals surface area contributed by atoms with Crippen molar-refractivity contribution in [3.05, 3.63) is 0 Å². The van der Waals surface area contributed by atoms with Crippen LogP contribution < -0.4 is 0 Å². The Balaban J connectivity index is 2.60. The summed E-state index contributed by atoms with van der Waals surface area (Å²) < 4.78 is 17.6. The second-order valence-electron chi connectivity index (χ2n) is 6.35. The first-order chi connectivity index (χ1) is 9.20. The summed E-state index contributed by atoms with van der Waals surface area (Å²) in [6.45, 7) is 5.54. The van der Waals surface area contributed by atoms with Gasteiger partial charge in [0.25, 0.3) is 0 Å². The van der Waals surface area contributed by atoms with Gasteiger partial charge in [0, 0.05) is 13.1 Å². The van der Waals surface area contributed by atoms with E-state index in [0.717, 1.165) is 0 Å². The maximum atomic E-state index is 12.3. The molecule has 0 aromatic carbocycles. The van der Waals surface area contributed by atoms with Gasteiger partial charge in [-0.3, -0.25) is 9.18 Å². The van der Waals surface area contributed by atoms with Crippen LogP contribution in [0.5, 0.6) is 0 Å². The van der Waals surface area contributed by atoms with E-state index < -0.39 is 29.8 Å².